The van der Waals surface area contributed by atoms with E-state index in [-0.39, 0.29) is 0 Å². The van der Waals surface area contributed by atoms with Crippen LogP contribution in [0.25, 0.3) is 0 Å². The number of aryl methyl sites for hydroxylation is 1. The zero-order chi connectivity index (χ0) is 13.8. The summed E-state index contributed by atoms with van der Waals surface area (Å²) >= 11 is 0. The van der Waals surface area contributed by atoms with Gasteiger partial charge in [0.15, 0.2) is 5.78 Å². The molecule has 0 aliphatic rings. The molecule has 0 bridgehead atoms. The van der Waals surface area contributed by atoms with Crippen molar-refractivity contribution in [3.8, 4) is 5.75 Å². The van der Waals surface area contributed by atoms with E-state index in [0.717, 1.165) is 0 Å². The van der Waals surface area contributed by atoms with Crippen molar-refractivity contribution in [1.29, 1.82) is 0 Å². The van der Waals surface area contributed by atoms with Gasteiger partial charge in [0.2, 0.25) is 0 Å². The van der Waals surface area contributed by atoms with Gasteiger partial charge in [-0.25, -0.2) is 0 Å². The van der Waals surface area contributed by atoms with Gasteiger partial charge in [-0.3, -0.25) is 4.79 Å². The van der Waals surface area contributed by atoms with E-state index in [4.69, 9.17) is 4.74 Å². The number of ketones is 1. The van der Waals surface area contributed by atoms with Gasteiger partial charge in [-0.05, 0) is 30.7 Å². The van der Waals surface area contributed by atoms with E-state index in [1.165, 1.54) is 13.2 Å². The summed E-state index contributed by atoms with van der Waals surface area (Å²) in [6.07, 6.45) is -4.42. The first-order valence-electron chi connectivity index (χ1n) is 5.16. The summed E-state index contributed by atoms with van der Waals surface area (Å²) in [5.74, 6) is 0.0969. The minimum absolute atomic E-state index is 0.331. The molecule has 1 rings (SSSR count). The van der Waals surface area contributed by atoms with E-state index in [9.17, 15) is 18.0 Å². The summed E-state index contributed by atoms with van der Waals surface area (Å²) in [5.41, 5.74) is 0.966. The Morgan fingerprint density at radius 1 is 1.33 bits per heavy atom. The average Bonchev–Trinajstić information content (AvgIpc) is 2.26. The highest BCUT2D eigenvalue weighted by atomic mass is 19.4. The van der Waals surface area contributed by atoms with Crippen LogP contribution in [0, 0.1) is 6.92 Å². The summed E-state index contributed by atoms with van der Waals surface area (Å²) in [4.78, 5) is 11.6. The number of hydrogen-bond acceptors (Lipinski definition) is 3. The molecule has 0 unspecified atom stereocenters. The van der Waals surface area contributed by atoms with Crippen LogP contribution in [0.1, 0.15) is 15.9 Å². The van der Waals surface area contributed by atoms with E-state index < -0.39 is 25.2 Å². The average molecular weight is 262 g/mol. The third kappa shape index (κ3) is 4.37. The van der Waals surface area contributed by atoms with Crippen LogP contribution in [0.5, 0.6) is 5.75 Å². The van der Waals surface area contributed by atoms with Gasteiger partial charge in [-0.15, -0.1) is 0 Å². The molecule has 0 saturated carbocycles. The molecule has 0 aliphatic carbocycles. The maximum absolute atomic E-state index is 11.8. The maximum atomic E-state index is 11.8. The SMILES string of the molecule is COc1ccc(C(=O)COCC(F)(F)F)c(C)c1. The van der Waals surface area contributed by atoms with E-state index in [1.807, 2.05) is 0 Å². The Morgan fingerprint density at radius 3 is 2.50 bits per heavy atom. The molecule has 0 aliphatic heterocycles. The molecule has 100 valence electrons. The number of ether oxygens (including phenoxy) is 2. The summed E-state index contributed by atoms with van der Waals surface area (Å²) < 4.78 is 44.8. The second-order valence-corrected chi connectivity index (χ2v) is 3.71. The van der Waals surface area contributed by atoms with Gasteiger partial charge >= 0.3 is 6.18 Å². The topological polar surface area (TPSA) is 35.5 Å². The van der Waals surface area contributed by atoms with Crippen LogP contribution in [0.2, 0.25) is 0 Å². The number of hydrogen-bond donors (Lipinski definition) is 0. The predicted molar refractivity (Wildman–Crippen MR) is 58.9 cm³/mol. The van der Waals surface area contributed by atoms with Crippen molar-refractivity contribution in [2.45, 2.75) is 13.1 Å². The Kier molecular flexibility index (Phi) is 4.72. The number of halogens is 3. The highest BCUT2D eigenvalue weighted by Gasteiger charge is 2.27. The molecule has 0 N–H and O–H groups in total. The molecule has 18 heavy (non-hydrogen) atoms. The Hall–Kier alpha value is -1.56. The second kappa shape index (κ2) is 5.86. The highest BCUT2D eigenvalue weighted by Crippen LogP contribution is 2.18. The van der Waals surface area contributed by atoms with Crippen LogP contribution in [0.3, 0.4) is 0 Å². The lowest BCUT2D eigenvalue weighted by molar-refractivity contribution is -0.170. The lowest BCUT2D eigenvalue weighted by Gasteiger charge is -2.09. The predicted octanol–water partition coefficient (Wildman–Crippen LogP) is 2.77. The first-order valence-corrected chi connectivity index (χ1v) is 5.16. The van der Waals surface area contributed by atoms with Gasteiger partial charge in [0.25, 0.3) is 0 Å². The summed E-state index contributed by atoms with van der Waals surface area (Å²) in [6.45, 7) is -0.333. The fraction of sp³-hybridized carbons (Fsp3) is 0.417. The van der Waals surface area contributed by atoms with Gasteiger partial charge in [0, 0.05) is 5.56 Å². The Morgan fingerprint density at radius 2 is 2.00 bits per heavy atom. The Bertz CT molecular complexity index is 427. The van der Waals surface area contributed by atoms with Crippen molar-refractivity contribution in [1.82, 2.24) is 0 Å². The van der Waals surface area contributed by atoms with Crippen LogP contribution in [-0.4, -0.2) is 32.3 Å². The summed E-state index contributed by atoms with van der Waals surface area (Å²) in [6, 6.07) is 4.72. The van der Waals surface area contributed by atoms with Crippen molar-refractivity contribution >= 4 is 5.78 Å². The smallest absolute Gasteiger partial charge is 0.411 e. The van der Waals surface area contributed by atoms with Crippen LogP contribution < -0.4 is 4.74 Å². The number of methoxy groups -OCH3 is 1. The van der Waals surface area contributed by atoms with Crippen molar-refractivity contribution in [2.75, 3.05) is 20.3 Å². The zero-order valence-electron chi connectivity index (χ0n) is 10.0. The molecule has 1 aromatic rings. The third-order valence-corrected chi connectivity index (χ3v) is 2.23. The van der Waals surface area contributed by atoms with Crippen molar-refractivity contribution < 1.29 is 27.4 Å². The largest absolute Gasteiger partial charge is 0.497 e. The first-order chi connectivity index (χ1) is 8.33. The fourth-order valence-corrected chi connectivity index (χ4v) is 1.41. The fourth-order valence-electron chi connectivity index (χ4n) is 1.41. The molecular formula is C12H13F3O3. The summed E-state index contributed by atoms with van der Waals surface area (Å²) in [7, 11) is 1.49. The lowest BCUT2D eigenvalue weighted by Crippen LogP contribution is -2.20. The normalized spacial score (nSPS) is 11.4. The van der Waals surface area contributed by atoms with Gasteiger partial charge in [0.1, 0.15) is 19.0 Å². The van der Waals surface area contributed by atoms with Crippen LogP contribution in [0.15, 0.2) is 18.2 Å². The molecule has 0 spiro atoms. The Balaban J connectivity index is 2.62. The van der Waals surface area contributed by atoms with Crippen molar-refractivity contribution in [2.24, 2.45) is 0 Å². The molecule has 0 radical (unpaired) electrons. The van der Waals surface area contributed by atoms with E-state index in [2.05, 4.69) is 4.74 Å². The molecule has 1 aromatic carbocycles. The number of Topliss-reactive ketones (excluding diaryl/α,β-unsaturated/α-hetero) is 1. The van der Waals surface area contributed by atoms with Crippen LogP contribution in [0.4, 0.5) is 13.2 Å². The monoisotopic (exact) mass is 262 g/mol. The lowest BCUT2D eigenvalue weighted by atomic mass is 10.0. The molecule has 3 nitrogen and oxygen atoms in total. The molecule has 0 heterocycles. The number of alkyl halides is 3. The Labute approximate surface area is 103 Å². The molecule has 0 aromatic heterocycles. The van der Waals surface area contributed by atoms with E-state index in [0.29, 0.717) is 16.9 Å². The minimum atomic E-state index is -4.42. The zero-order valence-corrected chi connectivity index (χ0v) is 10.0. The van der Waals surface area contributed by atoms with Crippen LogP contribution >= 0.6 is 0 Å². The molecular weight excluding hydrogens is 249 g/mol. The van der Waals surface area contributed by atoms with Crippen molar-refractivity contribution in [3.63, 3.8) is 0 Å². The third-order valence-electron chi connectivity index (χ3n) is 2.23. The maximum Gasteiger partial charge on any atom is 0.411 e. The minimum Gasteiger partial charge on any atom is -0.497 e. The van der Waals surface area contributed by atoms with Gasteiger partial charge in [0.05, 0.1) is 7.11 Å². The molecule has 0 atom stereocenters. The quantitative estimate of drug-likeness (QED) is 0.765. The highest BCUT2D eigenvalue weighted by molar-refractivity contribution is 5.98. The number of benzene rings is 1. The van der Waals surface area contributed by atoms with Gasteiger partial charge < -0.3 is 9.47 Å². The standard InChI is InChI=1S/C12H13F3O3/c1-8-5-9(17-2)3-4-10(8)11(16)6-18-7-12(13,14)15/h3-5H,6-7H2,1-2H3. The molecule has 0 amide bonds. The number of carbonyl (C=O) groups is 1. The number of carbonyl (C=O) groups excluding carboxylic acids is 1. The molecule has 0 saturated heterocycles. The molecule has 6 heteroatoms. The molecule has 0 fully saturated rings. The van der Waals surface area contributed by atoms with E-state index >= 15 is 0 Å². The first kappa shape index (κ1) is 14.5. The van der Waals surface area contributed by atoms with E-state index in [1.54, 1.807) is 19.1 Å². The number of rotatable bonds is 5. The van der Waals surface area contributed by atoms with Crippen LogP contribution in [-0.2, 0) is 4.74 Å². The van der Waals surface area contributed by atoms with Crippen molar-refractivity contribution in [3.05, 3.63) is 29.3 Å². The van der Waals surface area contributed by atoms with Gasteiger partial charge in [-0.2, -0.15) is 13.2 Å². The summed E-state index contributed by atoms with van der Waals surface area (Å²) in [5, 5.41) is 0. The second-order valence-electron chi connectivity index (χ2n) is 3.71. The van der Waals surface area contributed by atoms with Gasteiger partial charge in [-0.1, -0.05) is 0 Å².